The van der Waals surface area contributed by atoms with Crippen molar-refractivity contribution in [2.24, 2.45) is 11.7 Å². The second-order valence-corrected chi connectivity index (χ2v) is 7.59. The quantitative estimate of drug-likeness (QED) is 0.834. The minimum atomic E-state index is -0.436. The number of anilines is 1. The van der Waals surface area contributed by atoms with Crippen LogP contribution in [0.3, 0.4) is 0 Å². The summed E-state index contributed by atoms with van der Waals surface area (Å²) >= 11 is 1.89. The number of nitrogens with one attached hydrogen (secondary N) is 1. The van der Waals surface area contributed by atoms with Crippen molar-refractivity contribution in [1.82, 2.24) is 0 Å². The summed E-state index contributed by atoms with van der Waals surface area (Å²) in [6.45, 7) is 4.16. The van der Waals surface area contributed by atoms with Gasteiger partial charge in [-0.2, -0.15) is 0 Å². The highest BCUT2D eigenvalue weighted by Crippen LogP contribution is 2.38. The topological polar surface area (TPSA) is 55.1 Å². The lowest BCUT2D eigenvalue weighted by molar-refractivity contribution is -0.117. The molecule has 0 aromatic heterocycles. The van der Waals surface area contributed by atoms with Crippen LogP contribution in [0.1, 0.15) is 46.0 Å². The summed E-state index contributed by atoms with van der Waals surface area (Å²) in [6, 6.07) is 7.61. The van der Waals surface area contributed by atoms with Crippen LogP contribution in [0.25, 0.3) is 0 Å². The standard InChI is InChI=1S/C17H26N2OS/c1-12(2)11-14(18)17(20)19-15-9-5-6-10-16(15)21-13-7-3-4-8-13/h5-6,9-10,12-14H,3-4,7-8,11,18H2,1-2H3,(H,19,20)/t14-/m0/s1. The lowest BCUT2D eigenvalue weighted by Gasteiger charge is -2.17. The highest BCUT2D eigenvalue weighted by molar-refractivity contribution is 8.00. The molecule has 0 radical (unpaired) electrons. The highest BCUT2D eigenvalue weighted by atomic mass is 32.2. The Morgan fingerprint density at radius 2 is 2.00 bits per heavy atom. The molecule has 1 amide bonds. The van der Waals surface area contributed by atoms with Gasteiger partial charge in [0.1, 0.15) is 0 Å². The molecule has 1 atom stereocenters. The minimum absolute atomic E-state index is 0.0804. The summed E-state index contributed by atoms with van der Waals surface area (Å²) in [6.07, 6.45) is 5.92. The molecule has 0 aliphatic heterocycles. The van der Waals surface area contributed by atoms with E-state index in [1.54, 1.807) is 0 Å². The lowest BCUT2D eigenvalue weighted by Crippen LogP contribution is -2.36. The fourth-order valence-electron chi connectivity index (χ4n) is 2.70. The number of nitrogens with two attached hydrogens (primary N) is 1. The molecule has 1 aliphatic carbocycles. The zero-order chi connectivity index (χ0) is 15.2. The summed E-state index contributed by atoms with van der Waals surface area (Å²) in [5, 5.41) is 3.69. The van der Waals surface area contributed by atoms with Gasteiger partial charge >= 0.3 is 0 Å². The number of benzene rings is 1. The first-order valence-electron chi connectivity index (χ1n) is 7.88. The average molecular weight is 306 g/mol. The lowest BCUT2D eigenvalue weighted by atomic mass is 10.0. The molecule has 116 valence electrons. The van der Waals surface area contributed by atoms with Crippen molar-refractivity contribution in [3.8, 4) is 0 Å². The molecule has 1 aromatic rings. The van der Waals surface area contributed by atoms with Gasteiger partial charge in [0.25, 0.3) is 0 Å². The molecule has 0 saturated heterocycles. The summed E-state index contributed by atoms with van der Waals surface area (Å²) in [4.78, 5) is 13.4. The van der Waals surface area contributed by atoms with Crippen LogP contribution in [0.15, 0.2) is 29.2 Å². The van der Waals surface area contributed by atoms with Crippen molar-refractivity contribution in [2.45, 2.75) is 62.1 Å². The predicted octanol–water partition coefficient (Wildman–Crippen LogP) is 4.03. The van der Waals surface area contributed by atoms with Crippen LogP contribution < -0.4 is 11.1 Å². The SMILES string of the molecule is CC(C)C[C@H](N)C(=O)Nc1ccccc1SC1CCCC1. The van der Waals surface area contributed by atoms with Crippen LogP contribution in [-0.2, 0) is 4.79 Å². The largest absolute Gasteiger partial charge is 0.324 e. The molecule has 1 aromatic carbocycles. The van der Waals surface area contributed by atoms with Crippen LogP contribution >= 0.6 is 11.8 Å². The van der Waals surface area contributed by atoms with Crippen molar-refractivity contribution in [1.29, 1.82) is 0 Å². The molecule has 1 fully saturated rings. The van der Waals surface area contributed by atoms with Gasteiger partial charge in [0.15, 0.2) is 0 Å². The van der Waals surface area contributed by atoms with Gasteiger partial charge in [0.2, 0.25) is 5.91 Å². The van der Waals surface area contributed by atoms with Crippen LogP contribution in [0.2, 0.25) is 0 Å². The van der Waals surface area contributed by atoms with Gasteiger partial charge in [-0.3, -0.25) is 4.79 Å². The monoisotopic (exact) mass is 306 g/mol. The second kappa shape index (κ2) is 7.85. The molecular formula is C17H26N2OS. The molecule has 1 saturated carbocycles. The number of thioether (sulfide) groups is 1. The van der Waals surface area contributed by atoms with E-state index in [0.29, 0.717) is 17.6 Å². The summed E-state index contributed by atoms with van der Waals surface area (Å²) in [5.41, 5.74) is 6.86. The van der Waals surface area contributed by atoms with Gasteiger partial charge in [-0.1, -0.05) is 38.8 Å². The van der Waals surface area contributed by atoms with Crippen LogP contribution in [0, 0.1) is 5.92 Å². The van der Waals surface area contributed by atoms with Gasteiger partial charge in [-0.05, 0) is 37.3 Å². The number of rotatable bonds is 6. The van der Waals surface area contributed by atoms with E-state index in [1.165, 1.54) is 25.7 Å². The van der Waals surface area contributed by atoms with E-state index in [2.05, 4.69) is 25.2 Å². The first kappa shape index (κ1) is 16.4. The summed E-state index contributed by atoms with van der Waals surface area (Å²) in [5.74, 6) is 0.344. The van der Waals surface area contributed by atoms with Gasteiger partial charge in [-0.25, -0.2) is 0 Å². The number of amides is 1. The third-order valence-corrected chi connectivity index (χ3v) is 5.22. The number of hydrogen-bond acceptors (Lipinski definition) is 3. The molecule has 0 spiro atoms. The van der Waals surface area contributed by atoms with E-state index in [-0.39, 0.29) is 5.91 Å². The third kappa shape index (κ3) is 5.04. The molecule has 2 rings (SSSR count). The van der Waals surface area contributed by atoms with E-state index in [1.807, 2.05) is 30.0 Å². The number of para-hydroxylation sites is 1. The smallest absolute Gasteiger partial charge is 0.241 e. The zero-order valence-corrected chi connectivity index (χ0v) is 13.8. The Bertz CT molecular complexity index is 470. The van der Waals surface area contributed by atoms with Crippen molar-refractivity contribution in [3.05, 3.63) is 24.3 Å². The maximum atomic E-state index is 12.2. The zero-order valence-electron chi connectivity index (χ0n) is 13.0. The minimum Gasteiger partial charge on any atom is -0.324 e. The highest BCUT2D eigenvalue weighted by Gasteiger charge is 2.20. The Morgan fingerprint density at radius 1 is 1.33 bits per heavy atom. The van der Waals surface area contributed by atoms with Crippen molar-refractivity contribution >= 4 is 23.4 Å². The molecule has 3 nitrogen and oxygen atoms in total. The Hall–Kier alpha value is -1.00. The Labute approximate surface area is 132 Å². The fraction of sp³-hybridized carbons (Fsp3) is 0.588. The average Bonchev–Trinajstić information content (AvgIpc) is 2.93. The number of carbonyl (C=O) groups excluding carboxylic acids is 1. The van der Waals surface area contributed by atoms with E-state index >= 15 is 0 Å². The van der Waals surface area contributed by atoms with E-state index < -0.39 is 6.04 Å². The fourth-order valence-corrected chi connectivity index (χ4v) is 4.03. The van der Waals surface area contributed by atoms with E-state index in [0.717, 1.165) is 10.6 Å². The van der Waals surface area contributed by atoms with Gasteiger partial charge < -0.3 is 11.1 Å². The third-order valence-electron chi connectivity index (χ3n) is 3.80. The Balaban J connectivity index is 2.00. The van der Waals surface area contributed by atoms with E-state index in [9.17, 15) is 4.79 Å². The number of hydrogen-bond donors (Lipinski definition) is 2. The summed E-state index contributed by atoms with van der Waals surface area (Å²) < 4.78 is 0. The maximum absolute atomic E-state index is 12.2. The van der Waals surface area contributed by atoms with Crippen LogP contribution in [0.4, 0.5) is 5.69 Å². The Kier molecular flexibility index (Phi) is 6.12. The van der Waals surface area contributed by atoms with Gasteiger partial charge in [-0.15, -0.1) is 11.8 Å². The molecule has 0 unspecified atom stereocenters. The maximum Gasteiger partial charge on any atom is 0.241 e. The summed E-state index contributed by atoms with van der Waals surface area (Å²) in [7, 11) is 0. The molecule has 4 heteroatoms. The first-order chi connectivity index (χ1) is 10.1. The predicted molar refractivity (Wildman–Crippen MR) is 90.6 cm³/mol. The van der Waals surface area contributed by atoms with Crippen molar-refractivity contribution < 1.29 is 4.79 Å². The molecule has 21 heavy (non-hydrogen) atoms. The number of carbonyl (C=O) groups is 1. The van der Waals surface area contributed by atoms with E-state index in [4.69, 9.17) is 5.73 Å². The van der Waals surface area contributed by atoms with Crippen molar-refractivity contribution in [3.63, 3.8) is 0 Å². The molecule has 0 bridgehead atoms. The first-order valence-corrected chi connectivity index (χ1v) is 8.76. The Morgan fingerprint density at radius 3 is 2.67 bits per heavy atom. The molecular weight excluding hydrogens is 280 g/mol. The second-order valence-electron chi connectivity index (χ2n) is 6.25. The normalized spacial score (nSPS) is 17.1. The molecule has 0 heterocycles. The van der Waals surface area contributed by atoms with Crippen LogP contribution in [-0.4, -0.2) is 17.2 Å². The van der Waals surface area contributed by atoms with Gasteiger partial charge in [0, 0.05) is 10.1 Å². The molecule has 1 aliphatic rings. The van der Waals surface area contributed by atoms with Crippen molar-refractivity contribution in [2.75, 3.05) is 5.32 Å². The van der Waals surface area contributed by atoms with Gasteiger partial charge in [0.05, 0.1) is 11.7 Å². The van der Waals surface area contributed by atoms with Crippen LogP contribution in [0.5, 0.6) is 0 Å². The molecule has 3 N–H and O–H groups in total.